The van der Waals surface area contributed by atoms with E-state index in [1.165, 1.54) is 24.3 Å². The van der Waals surface area contributed by atoms with Gasteiger partial charge in [0.05, 0.1) is 10.6 Å². The summed E-state index contributed by atoms with van der Waals surface area (Å²) in [7, 11) is 0. The van der Waals surface area contributed by atoms with Crippen LogP contribution in [0.4, 0.5) is 11.4 Å². The van der Waals surface area contributed by atoms with Crippen molar-refractivity contribution in [3.63, 3.8) is 0 Å². The third-order valence-corrected chi connectivity index (χ3v) is 3.27. The van der Waals surface area contributed by atoms with Crippen molar-refractivity contribution in [2.24, 2.45) is 0 Å². The first-order chi connectivity index (χ1) is 12.1. The van der Waals surface area contributed by atoms with Crippen LogP contribution in [0.1, 0.15) is 5.56 Å². The van der Waals surface area contributed by atoms with Crippen LogP contribution in [0.5, 0.6) is 0 Å². The lowest BCUT2D eigenvalue weighted by Gasteiger charge is -2.08. The van der Waals surface area contributed by atoms with Crippen LogP contribution in [0.2, 0.25) is 0 Å². The van der Waals surface area contributed by atoms with Crippen LogP contribution in [-0.4, -0.2) is 25.6 Å². The normalized spacial score (nSPS) is 10.7. The number of benzene rings is 1. The van der Waals surface area contributed by atoms with Crippen LogP contribution in [0, 0.1) is 10.1 Å². The highest BCUT2D eigenvalue weighted by molar-refractivity contribution is 6.02. The molecule has 8 nitrogen and oxygen atoms in total. The molecule has 1 aromatic carbocycles. The zero-order chi connectivity index (χ0) is 17.6. The molecule has 0 aliphatic carbocycles. The van der Waals surface area contributed by atoms with E-state index in [1.54, 1.807) is 53.6 Å². The first-order valence-electron chi connectivity index (χ1n) is 7.32. The van der Waals surface area contributed by atoms with Crippen LogP contribution >= 0.6 is 0 Å². The summed E-state index contributed by atoms with van der Waals surface area (Å²) in [6, 6.07) is 11.2. The van der Waals surface area contributed by atoms with Gasteiger partial charge in [-0.15, -0.1) is 0 Å². The van der Waals surface area contributed by atoms with Crippen molar-refractivity contribution in [1.29, 1.82) is 0 Å². The van der Waals surface area contributed by atoms with E-state index in [1.807, 2.05) is 0 Å². The average Bonchev–Trinajstić information content (AvgIpc) is 3.15. The molecule has 1 N–H and O–H groups in total. The number of carbonyl (C=O) groups is 1. The lowest BCUT2D eigenvalue weighted by Crippen LogP contribution is -2.11. The predicted octanol–water partition coefficient (Wildman–Crippen LogP) is 2.83. The number of aromatic nitrogens is 3. The second-order valence-electron chi connectivity index (χ2n) is 5.00. The van der Waals surface area contributed by atoms with Crippen molar-refractivity contribution >= 4 is 23.4 Å². The number of carbonyl (C=O) groups excluding carboxylic acids is 1. The van der Waals surface area contributed by atoms with Crippen LogP contribution in [0.25, 0.3) is 11.9 Å². The number of hydrogen-bond donors (Lipinski definition) is 1. The van der Waals surface area contributed by atoms with Crippen molar-refractivity contribution in [1.82, 2.24) is 14.8 Å². The van der Waals surface area contributed by atoms with Crippen LogP contribution in [-0.2, 0) is 4.79 Å². The minimum atomic E-state index is -0.483. The highest BCUT2D eigenvalue weighted by Gasteiger charge is 2.08. The molecule has 0 saturated carbocycles. The second kappa shape index (κ2) is 7.18. The Bertz CT molecular complexity index is 935. The monoisotopic (exact) mass is 335 g/mol. The highest BCUT2D eigenvalue weighted by atomic mass is 16.6. The van der Waals surface area contributed by atoms with E-state index in [0.29, 0.717) is 17.1 Å². The van der Waals surface area contributed by atoms with Gasteiger partial charge in [0.15, 0.2) is 5.82 Å². The predicted molar refractivity (Wildman–Crippen MR) is 92.1 cm³/mol. The van der Waals surface area contributed by atoms with E-state index < -0.39 is 4.92 Å². The van der Waals surface area contributed by atoms with Gasteiger partial charge in [-0.1, -0.05) is 12.1 Å². The largest absolute Gasteiger partial charge is 0.319 e. The van der Waals surface area contributed by atoms with Gasteiger partial charge in [0.1, 0.15) is 0 Å². The van der Waals surface area contributed by atoms with Crippen molar-refractivity contribution in [2.75, 3.05) is 5.32 Å². The maximum absolute atomic E-state index is 12.1. The molecular weight excluding hydrogens is 322 g/mol. The quantitative estimate of drug-likeness (QED) is 0.439. The average molecular weight is 335 g/mol. The van der Waals surface area contributed by atoms with Crippen LogP contribution < -0.4 is 5.32 Å². The Balaban J connectivity index is 1.76. The standard InChI is InChI=1S/C17H13N5O3/c23-16(8-7-13-4-1-5-14(12-13)22(24)25)20-15-6-2-9-18-17(15)21-11-3-10-19-21/h1-12H,(H,20,23)/b8-7+. The highest BCUT2D eigenvalue weighted by Crippen LogP contribution is 2.17. The fraction of sp³-hybridized carbons (Fsp3) is 0. The van der Waals surface area contributed by atoms with Gasteiger partial charge in [-0.05, 0) is 29.8 Å². The van der Waals surface area contributed by atoms with E-state index >= 15 is 0 Å². The van der Waals surface area contributed by atoms with Gasteiger partial charge in [0.25, 0.3) is 5.69 Å². The first kappa shape index (κ1) is 16.1. The molecule has 3 aromatic rings. The number of rotatable bonds is 5. The number of nitrogens with zero attached hydrogens (tertiary/aromatic N) is 4. The minimum Gasteiger partial charge on any atom is -0.319 e. The topological polar surface area (TPSA) is 103 Å². The van der Waals surface area contributed by atoms with Crippen molar-refractivity contribution in [3.05, 3.63) is 82.8 Å². The Kier molecular flexibility index (Phi) is 4.61. The van der Waals surface area contributed by atoms with Crippen molar-refractivity contribution in [3.8, 4) is 5.82 Å². The molecular formula is C17H13N5O3. The fourth-order valence-corrected chi connectivity index (χ4v) is 2.16. The molecule has 3 rings (SSSR count). The van der Waals surface area contributed by atoms with E-state index in [2.05, 4.69) is 15.4 Å². The van der Waals surface area contributed by atoms with Crippen molar-refractivity contribution in [2.45, 2.75) is 0 Å². The summed E-state index contributed by atoms with van der Waals surface area (Å²) in [4.78, 5) is 26.6. The second-order valence-corrected chi connectivity index (χ2v) is 5.00. The van der Waals surface area contributed by atoms with Gasteiger partial charge in [0, 0.05) is 36.8 Å². The molecule has 0 radical (unpaired) electrons. The third-order valence-electron chi connectivity index (χ3n) is 3.27. The number of nitrogens with one attached hydrogen (secondary N) is 1. The molecule has 0 atom stereocenters. The maximum atomic E-state index is 12.1. The molecule has 0 aliphatic rings. The number of non-ortho nitro benzene ring substituents is 1. The van der Waals surface area contributed by atoms with Gasteiger partial charge in [-0.3, -0.25) is 14.9 Å². The first-order valence-corrected chi connectivity index (χ1v) is 7.32. The molecule has 8 heteroatoms. The summed E-state index contributed by atoms with van der Waals surface area (Å²) < 4.78 is 1.54. The van der Waals surface area contributed by atoms with Crippen LogP contribution in [0.3, 0.4) is 0 Å². The number of nitro benzene ring substituents is 1. The Labute approximate surface area is 142 Å². The number of pyridine rings is 1. The Morgan fingerprint density at radius 2 is 2.08 bits per heavy atom. The van der Waals surface area contributed by atoms with E-state index in [9.17, 15) is 14.9 Å². The summed E-state index contributed by atoms with van der Waals surface area (Å²) in [5, 5.41) is 17.6. The molecule has 2 aromatic heterocycles. The third kappa shape index (κ3) is 3.94. The Morgan fingerprint density at radius 3 is 2.84 bits per heavy atom. The fourth-order valence-electron chi connectivity index (χ4n) is 2.16. The van der Waals surface area contributed by atoms with E-state index in [-0.39, 0.29) is 11.6 Å². The van der Waals surface area contributed by atoms with Crippen LogP contribution in [0.15, 0.2) is 67.1 Å². The minimum absolute atomic E-state index is 0.0317. The van der Waals surface area contributed by atoms with Crippen molar-refractivity contribution < 1.29 is 9.72 Å². The lowest BCUT2D eigenvalue weighted by molar-refractivity contribution is -0.384. The number of nitro groups is 1. The molecule has 124 valence electrons. The van der Waals surface area contributed by atoms with Gasteiger partial charge in [-0.25, -0.2) is 9.67 Å². The summed E-state index contributed by atoms with van der Waals surface area (Å²) in [5.41, 5.74) is 1.03. The number of hydrogen-bond acceptors (Lipinski definition) is 5. The molecule has 1 amide bonds. The Morgan fingerprint density at radius 1 is 1.20 bits per heavy atom. The lowest BCUT2D eigenvalue weighted by atomic mass is 10.2. The molecule has 2 heterocycles. The summed E-state index contributed by atoms with van der Waals surface area (Å²) in [6.45, 7) is 0. The number of anilines is 1. The number of amides is 1. The molecule has 0 unspecified atom stereocenters. The molecule has 0 bridgehead atoms. The van der Waals surface area contributed by atoms with Gasteiger partial charge in [0.2, 0.25) is 5.91 Å². The summed E-state index contributed by atoms with van der Waals surface area (Å²) in [5.74, 6) is 0.109. The maximum Gasteiger partial charge on any atom is 0.270 e. The molecule has 0 aliphatic heterocycles. The smallest absolute Gasteiger partial charge is 0.270 e. The molecule has 0 spiro atoms. The molecule has 25 heavy (non-hydrogen) atoms. The molecule has 0 saturated heterocycles. The summed E-state index contributed by atoms with van der Waals surface area (Å²) >= 11 is 0. The zero-order valence-corrected chi connectivity index (χ0v) is 12.9. The van der Waals surface area contributed by atoms with E-state index in [0.717, 1.165) is 0 Å². The SMILES string of the molecule is O=C(/C=C/c1cccc([N+](=O)[O-])c1)Nc1cccnc1-n1cccn1. The van der Waals surface area contributed by atoms with E-state index in [4.69, 9.17) is 0 Å². The zero-order valence-electron chi connectivity index (χ0n) is 12.9. The van der Waals surface area contributed by atoms with Gasteiger partial charge in [-0.2, -0.15) is 5.10 Å². The Hall–Kier alpha value is -3.81. The van der Waals surface area contributed by atoms with Gasteiger partial charge >= 0.3 is 0 Å². The molecule has 0 fully saturated rings. The van der Waals surface area contributed by atoms with Gasteiger partial charge < -0.3 is 5.32 Å². The summed E-state index contributed by atoms with van der Waals surface area (Å²) in [6.07, 6.45) is 7.75.